The summed E-state index contributed by atoms with van der Waals surface area (Å²) in [6.45, 7) is 6.11. The maximum absolute atomic E-state index is 12.1. The molecule has 0 saturated carbocycles. The molecule has 4 heteroatoms. The van der Waals surface area contributed by atoms with Crippen LogP contribution in [-0.4, -0.2) is 11.4 Å². The molecule has 0 unspecified atom stereocenters. The minimum atomic E-state index is -0.206. The second-order valence-corrected chi connectivity index (χ2v) is 5.11. The number of carbonyl (C=O) groups excluding carboxylic acids is 1. The van der Waals surface area contributed by atoms with E-state index < -0.39 is 0 Å². The molecule has 1 aromatic rings. The van der Waals surface area contributed by atoms with Crippen molar-refractivity contribution in [3.63, 3.8) is 0 Å². The van der Waals surface area contributed by atoms with Gasteiger partial charge in [0.25, 0.3) is 5.91 Å². The first-order chi connectivity index (χ1) is 7.93. The van der Waals surface area contributed by atoms with Crippen LogP contribution in [-0.2, 0) is 0 Å². The van der Waals surface area contributed by atoms with E-state index in [2.05, 4.69) is 5.32 Å². The van der Waals surface area contributed by atoms with Gasteiger partial charge >= 0.3 is 0 Å². The van der Waals surface area contributed by atoms with Crippen molar-refractivity contribution in [2.24, 2.45) is 0 Å². The van der Waals surface area contributed by atoms with E-state index in [9.17, 15) is 4.79 Å². The number of carbonyl (C=O) groups is 1. The van der Waals surface area contributed by atoms with Crippen LogP contribution in [0.1, 0.15) is 44.0 Å². The second kappa shape index (κ2) is 5.74. The van der Waals surface area contributed by atoms with Gasteiger partial charge in [0.1, 0.15) is 0 Å². The lowest BCUT2D eigenvalue weighted by Gasteiger charge is -2.28. The normalized spacial score (nSPS) is 11.4. The van der Waals surface area contributed by atoms with Crippen LogP contribution in [0.3, 0.4) is 0 Å². The molecule has 0 aliphatic carbocycles. The quantitative estimate of drug-likeness (QED) is 0.871. The minimum Gasteiger partial charge on any atom is -0.347 e. The maximum atomic E-state index is 12.1. The fourth-order valence-corrected chi connectivity index (χ4v) is 1.83. The van der Waals surface area contributed by atoms with Crippen LogP contribution in [0.4, 0.5) is 0 Å². The maximum Gasteiger partial charge on any atom is 0.253 e. The van der Waals surface area contributed by atoms with E-state index in [1.54, 1.807) is 18.2 Å². The summed E-state index contributed by atoms with van der Waals surface area (Å²) in [5.41, 5.74) is 0.218. The summed E-state index contributed by atoms with van der Waals surface area (Å²) in [5, 5.41) is 3.70. The van der Waals surface area contributed by atoms with Gasteiger partial charge in [-0.2, -0.15) is 0 Å². The second-order valence-electron chi connectivity index (χ2n) is 4.32. The van der Waals surface area contributed by atoms with Gasteiger partial charge in [0.05, 0.1) is 15.6 Å². The molecule has 0 atom stereocenters. The Balaban J connectivity index is 2.94. The van der Waals surface area contributed by atoms with Gasteiger partial charge in [-0.15, -0.1) is 0 Å². The van der Waals surface area contributed by atoms with Crippen molar-refractivity contribution in [1.29, 1.82) is 0 Å². The highest BCUT2D eigenvalue weighted by molar-refractivity contribution is 6.43. The van der Waals surface area contributed by atoms with Gasteiger partial charge in [0.15, 0.2) is 0 Å². The number of halogens is 2. The molecule has 17 heavy (non-hydrogen) atoms. The van der Waals surface area contributed by atoms with Crippen LogP contribution < -0.4 is 5.32 Å². The van der Waals surface area contributed by atoms with Gasteiger partial charge in [-0.25, -0.2) is 0 Å². The largest absolute Gasteiger partial charge is 0.347 e. The fraction of sp³-hybridized carbons (Fsp3) is 0.462. The monoisotopic (exact) mass is 273 g/mol. The van der Waals surface area contributed by atoms with Crippen LogP contribution in [0.5, 0.6) is 0 Å². The van der Waals surface area contributed by atoms with E-state index in [1.807, 2.05) is 20.8 Å². The molecule has 2 nitrogen and oxygen atoms in total. The fourth-order valence-electron chi connectivity index (χ4n) is 1.45. The summed E-state index contributed by atoms with van der Waals surface area (Å²) in [6.07, 6.45) is 1.74. The Morgan fingerprint density at radius 1 is 1.29 bits per heavy atom. The van der Waals surface area contributed by atoms with Crippen molar-refractivity contribution in [2.45, 2.75) is 39.2 Å². The summed E-state index contributed by atoms with van der Waals surface area (Å²) < 4.78 is 0. The topological polar surface area (TPSA) is 29.1 Å². The van der Waals surface area contributed by atoms with E-state index in [0.717, 1.165) is 12.8 Å². The molecule has 0 radical (unpaired) electrons. The first-order valence-electron chi connectivity index (χ1n) is 5.70. The smallest absolute Gasteiger partial charge is 0.253 e. The average molecular weight is 274 g/mol. The van der Waals surface area contributed by atoms with Gasteiger partial charge in [-0.05, 0) is 31.9 Å². The molecule has 0 aliphatic heterocycles. The van der Waals surface area contributed by atoms with Crippen LogP contribution in [0, 0.1) is 0 Å². The molecular weight excluding hydrogens is 257 g/mol. The standard InChI is InChI=1S/C13H17Cl2NO/c1-4-13(3,5-2)16-12(17)9-7-6-8-10(14)11(9)15/h6-8H,4-5H2,1-3H3,(H,16,17). The molecule has 1 aromatic carbocycles. The Morgan fingerprint density at radius 2 is 1.88 bits per heavy atom. The zero-order chi connectivity index (χ0) is 13.1. The molecule has 0 heterocycles. The number of hydrogen-bond donors (Lipinski definition) is 1. The lowest BCUT2D eigenvalue weighted by atomic mass is 9.95. The third-order valence-corrected chi connectivity index (χ3v) is 3.99. The van der Waals surface area contributed by atoms with E-state index in [1.165, 1.54) is 0 Å². The third-order valence-electron chi connectivity index (χ3n) is 3.17. The average Bonchev–Trinajstić information content (AvgIpc) is 2.32. The van der Waals surface area contributed by atoms with Gasteiger partial charge in [-0.3, -0.25) is 4.79 Å². The van der Waals surface area contributed by atoms with Crippen molar-refractivity contribution < 1.29 is 4.79 Å². The van der Waals surface area contributed by atoms with Crippen molar-refractivity contribution in [1.82, 2.24) is 5.32 Å². The molecule has 94 valence electrons. The summed E-state index contributed by atoms with van der Waals surface area (Å²) in [4.78, 5) is 12.1. The van der Waals surface area contributed by atoms with E-state index in [0.29, 0.717) is 15.6 Å². The van der Waals surface area contributed by atoms with Crippen molar-refractivity contribution in [2.75, 3.05) is 0 Å². The zero-order valence-electron chi connectivity index (χ0n) is 10.3. The summed E-state index contributed by atoms with van der Waals surface area (Å²) in [5.74, 6) is -0.177. The molecular formula is C13H17Cl2NO. The molecule has 0 bridgehead atoms. The predicted octanol–water partition coefficient (Wildman–Crippen LogP) is 4.30. The highest BCUT2D eigenvalue weighted by Crippen LogP contribution is 2.26. The van der Waals surface area contributed by atoms with E-state index >= 15 is 0 Å². The van der Waals surface area contributed by atoms with Gasteiger partial charge < -0.3 is 5.32 Å². The Bertz CT molecular complexity index is 414. The van der Waals surface area contributed by atoms with Crippen LogP contribution in [0.2, 0.25) is 10.0 Å². The number of hydrogen-bond acceptors (Lipinski definition) is 1. The number of amides is 1. The molecule has 0 aromatic heterocycles. The predicted molar refractivity (Wildman–Crippen MR) is 72.9 cm³/mol. The number of rotatable bonds is 4. The Morgan fingerprint density at radius 3 is 2.41 bits per heavy atom. The van der Waals surface area contributed by atoms with Crippen molar-refractivity contribution in [3.8, 4) is 0 Å². The first kappa shape index (κ1) is 14.3. The van der Waals surface area contributed by atoms with E-state index in [-0.39, 0.29) is 11.4 Å². The van der Waals surface area contributed by atoms with Crippen molar-refractivity contribution in [3.05, 3.63) is 33.8 Å². The highest BCUT2D eigenvalue weighted by Gasteiger charge is 2.23. The molecule has 0 aliphatic rings. The molecule has 0 spiro atoms. The number of nitrogens with one attached hydrogen (secondary N) is 1. The molecule has 1 rings (SSSR count). The van der Waals surface area contributed by atoms with E-state index in [4.69, 9.17) is 23.2 Å². The number of benzene rings is 1. The lowest BCUT2D eigenvalue weighted by Crippen LogP contribution is -2.45. The summed E-state index contributed by atoms with van der Waals surface area (Å²) in [6, 6.07) is 5.06. The summed E-state index contributed by atoms with van der Waals surface area (Å²) in [7, 11) is 0. The lowest BCUT2D eigenvalue weighted by molar-refractivity contribution is 0.0901. The van der Waals surface area contributed by atoms with Crippen molar-refractivity contribution >= 4 is 29.1 Å². The molecule has 0 fully saturated rings. The molecule has 0 saturated heterocycles. The van der Waals surface area contributed by atoms with Gasteiger partial charge in [0, 0.05) is 5.54 Å². The molecule has 1 amide bonds. The Kier molecular flexibility index (Phi) is 4.84. The molecule has 1 N–H and O–H groups in total. The van der Waals surface area contributed by atoms with Crippen LogP contribution in [0.25, 0.3) is 0 Å². The first-order valence-corrected chi connectivity index (χ1v) is 6.45. The zero-order valence-corrected chi connectivity index (χ0v) is 11.8. The highest BCUT2D eigenvalue weighted by atomic mass is 35.5. The minimum absolute atomic E-state index is 0.177. The third kappa shape index (κ3) is 3.36. The SMILES string of the molecule is CCC(C)(CC)NC(=O)c1cccc(Cl)c1Cl. The Labute approximate surface area is 112 Å². The van der Waals surface area contributed by atoms with Crippen LogP contribution >= 0.6 is 23.2 Å². The summed E-state index contributed by atoms with van der Waals surface area (Å²) >= 11 is 11.9. The Hall–Kier alpha value is -0.730. The van der Waals surface area contributed by atoms with Gasteiger partial charge in [-0.1, -0.05) is 43.1 Å². The van der Waals surface area contributed by atoms with Crippen LogP contribution in [0.15, 0.2) is 18.2 Å². The van der Waals surface area contributed by atoms with Gasteiger partial charge in [0.2, 0.25) is 0 Å².